The van der Waals surface area contributed by atoms with E-state index >= 15 is 0 Å². The summed E-state index contributed by atoms with van der Waals surface area (Å²) < 4.78 is 1.81. The minimum atomic E-state index is 0.673. The van der Waals surface area contributed by atoms with Gasteiger partial charge in [0.2, 0.25) is 5.65 Å². The minimum absolute atomic E-state index is 0.673. The Kier molecular flexibility index (Phi) is 2.29. The SMILES string of the molecule is Cc1ccc(-c2cnc3nn4ccccc4c3n2)cc1. The molecule has 4 aromatic rings. The molecule has 4 heteroatoms. The standard InChI is InChI=1S/C16H12N4/c1-11-5-7-12(8-6-11)13-10-17-16-15(18-13)14-4-2-3-9-20(14)19-16/h2-10H,1H3. The van der Waals surface area contributed by atoms with Crippen LogP contribution in [-0.2, 0) is 0 Å². The molecule has 4 rings (SSSR count). The van der Waals surface area contributed by atoms with Gasteiger partial charge in [-0.25, -0.2) is 14.5 Å². The first-order valence-electron chi connectivity index (χ1n) is 6.48. The van der Waals surface area contributed by atoms with Crippen molar-refractivity contribution in [1.29, 1.82) is 0 Å². The second-order valence-electron chi connectivity index (χ2n) is 4.82. The van der Waals surface area contributed by atoms with Crippen LogP contribution in [-0.4, -0.2) is 19.6 Å². The van der Waals surface area contributed by atoms with Crippen LogP contribution < -0.4 is 0 Å². The quantitative estimate of drug-likeness (QED) is 0.527. The number of aryl methyl sites for hydroxylation is 1. The lowest BCUT2D eigenvalue weighted by molar-refractivity contribution is 0.971. The third kappa shape index (κ3) is 1.66. The Morgan fingerprint density at radius 3 is 2.70 bits per heavy atom. The first kappa shape index (κ1) is 11.1. The molecule has 0 unspecified atom stereocenters. The first-order chi connectivity index (χ1) is 9.81. The summed E-state index contributed by atoms with van der Waals surface area (Å²) in [6.45, 7) is 2.07. The van der Waals surface area contributed by atoms with E-state index in [0.717, 1.165) is 22.3 Å². The summed E-state index contributed by atoms with van der Waals surface area (Å²) in [5, 5.41) is 4.41. The molecule has 0 fully saturated rings. The number of pyridine rings is 1. The van der Waals surface area contributed by atoms with Crippen LogP contribution in [0.2, 0.25) is 0 Å². The minimum Gasteiger partial charge on any atom is -0.240 e. The van der Waals surface area contributed by atoms with Crippen LogP contribution in [0.4, 0.5) is 0 Å². The predicted molar refractivity (Wildman–Crippen MR) is 78.5 cm³/mol. The van der Waals surface area contributed by atoms with Crippen LogP contribution in [0.3, 0.4) is 0 Å². The molecule has 0 spiro atoms. The second-order valence-corrected chi connectivity index (χ2v) is 4.82. The fourth-order valence-corrected chi connectivity index (χ4v) is 2.30. The van der Waals surface area contributed by atoms with E-state index < -0.39 is 0 Å². The number of fused-ring (bicyclic) bond motifs is 3. The summed E-state index contributed by atoms with van der Waals surface area (Å²) in [4.78, 5) is 9.14. The third-order valence-corrected chi connectivity index (χ3v) is 3.38. The molecule has 0 aliphatic heterocycles. The fourth-order valence-electron chi connectivity index (χ4n) is 2.30. The van der Waals surface area contributed by atoms with Crippen LogP contribution >= 0.6 is 0 Å². The monoisotopic (exact) mass is 260 g/mol. The molecule has 0 aliphatic carbocycles. The van der Waals surface area contributed by atoms with E-state index in [1.165, 1.54) is 5.56 Å². The number of hydrogen-bond donors (Lipinski definition) is 0. The van der Waals surface area contributed by atoms with Gasteiger partial charge in [0.15, 0.2) is 0 Å². The highest BCUT2D eigenvalue weighted by atomic mass is 15.2. The summed E-state index contributed by atoms with van der Waals surface area (Å²) in [6.07, 6.45) is 3.68. The largest absolute Gasteiger partial charge is 0.240 e. The van der Waals surface area contributed by atoms with Gasteiger partial charge in [0.25, 0.3) is 0 Å². The van der Waals surface area contributed by atoms with Gasteiger partial charge in [-0.3, -0.25) is 0 Å². The van der Waals surface area contributed by atoms with Crippen LogP contribution in [0, 0.1) is 6.92 Å². The predicted octanol–water partition coefficient (Wildman–Crippen LogP) is 3.25. The van der Waals surface area contributed by atoms with Crippen molar-refractivity contribution in [3.05, 3.63) is 60.4 Å². The van der Waals surface area contributed by atoms with Crippen molar-refractivity contribution >= 4 is 16.7 Å². The van der Waals surface area contributed by atoms with Gasteiger partial charge in [-0.1, -0.05) is 35.9 Å². The molecule has 0 saturated carbocycles. The van der Waals surface area contributed by atoms with Crippen molar-refractivity contribution in [3.8, 4) is 11.3 Å². The van der Waals surface area contributed by atoms with E-state index in [9.17, 15) is 0 Å². The molecule has 3 aromatic heterocycles. The fraction of sp³-hybridized carbons (Fsp3) is 0.0625. The van der Waals surface area contributed by atoms with Gasteiger partial charge in [0.05, 0.1) is 17.4 Å². The number of aromatic nitrogens is 4. The van der Waals surface area contributed by atoms with E-state index in [-0.39, 0.29) is 0 Å². The van der Waals surface area contributed by atoms with Gasteiger partial charge in [0.1, 0.15) is 5.52 Å². The zero-order chi connectivity index (χ0) is 13.5. The molecule has 0 atom stereocenters. The topological polar surface area (TPSA) is 43.1 Å². The zero-order valence-electron chi connectivity index (χ0n) is 11.0. The van der Waals surface area contributed by atoms with Gasteiger partial charge in [-0.15, -0.1) is 5.10 Å². The summed E-state index contributed by atoms with van der Waals surface area (Å²) in [6, 6.07) is 14.2. The van der Waals surface area contributed by atoms with Gasteiger partial charge in [0, 0.05) is 11.8 Å². The van der Waals surface area contributed by atoms with Gasteiger partial charge >= 0.3 is 0 Å². The van der Waals surface area contributed by atoms with E-state index in [0.29, 0.717) is 5.65 Å². The molecule has 0 radical (unpaired) electrons. The lowest BCUT2D eigenvalue weighted by Gasteiger charge is -2.00. The molecular formula is C16H12N4. The maximum Gasteiger partial charge on any atom is 0.200 e. The Morgan fingerprint density at radius 2 is 1.85 bits per heavy atom. The normalized spacial score (nSPS) is 11.2. The van der Waals surface area contributed by atoms with Crippen molar-refractivity contribution in [2.24, 2.45) is 0 Å². The van der Waals surface area contributed by atoms with Gasteiger partial charge < -0.3 is 0 Å². The molecule has 0 N–H and O–H groups in total. The number of rotatable bonds is 1. The smallest absolute Gasteiger partial charge is 0.200 e. The molecule has 96 valence electrons. The van der Waals surface area contributed by atoms with E-state index in [1.807, 2.05) is 28.9 Å². The molecule has 0 saturated heterocycles. The third-order valence-electron chi connectivity index (χ3n) is 3.38. The maximum absolute atomic E-state index is 4.72. The Balaban J connectivity index is 1.97. The van der Waals surface area contributed by atoms with Crippen LogP contribution in [0.15, 0.2) is 54.9 Å². The molecule has 0 aliphatic rings. The Labute approximate surface area is 115 Å². The average Bonchev–Trinajstić information content (AvgIpc) is 2.86. The Hall–Kier alpha value is -2.75. The molecule has 1 aromatic carbocycles. The van der Waals surface area contributed by atoms with Crippen molar-refractivity contribution < 1.29 is 0 Å². The first-order valence-corrected chi connectivity index (χ1v) is 6.48. The molecule has 0 bridgehead atoms. The van der Waals surface area contributed by atoms with Crippen molar-refractivity contribution in [2.75, 3.05) is 0 Å². The van der Waals surface area contributed by atoms with Crippen LogP contribution in [0.25, 0.3) is 27.9 Å². The van der Waals surface area contributed by atoms with Crippen molar-refractivity contribution in [3.63, 3.8) is 0 Å². The summed E-state index contributed by atoms with van der Waals surface area (Å²) in [5.41, 5.74) is 5.66. The van der Waals surface area contributed by atoms with Gasteiger partial charge in [-0.05, 0) is 19.1 Å². The Bertz CT molecular complexity index is 907. The second kappa shape index (κ2) is 4.13. The van der Waals surface area contributed by atoms with E-state index in [4.69, 9.17) is 4.98 Å². The van der Waals surface area contributed by atoms with Crippen LogP contribution in [0.5, 0.6) is 0 Å². The highest BCUT2D eigenvalue weighted by Gasteiger charge is 2.09. The Morgan fingerprint density at radius 1 is 1.00 bits per heavy atom. The summed E-state index contributed by atoms with van der Waals surface area (Å²) >= 11 is 0. The number of nitrogens with zero attached hydrogens (tertiary/aromatic N) is 4. The zero-order valence-corrected chi connectivity index (χ0v) is 11.0. The maximum atomic E-state index is 4.72. The molecule has 4 nitrogen and oxygen atoms in total. The van der Waals surface area contributed by atoms with Crippen LogP contribution in [0.1, 0.15) is 5.56 Å². The van der Waals surface area contributed by atoms with E-state index in [2.05, 4.69) is 41.3 Å². The summed E-state index contributed by atoms with van der Waals surface area (Å²) in [5.74, 6) is 0. The molecule has 20 heavy (non-hydrogen) atoms. The van der Waals surface area contributed by atoms with Crippen molar-refractivity contribution in [1.82, 2.24) is 19.6 Å². The number of hydrogen-bond acceptors (Lipinski definition) is 3. The molecule has 0 amide bonds. The van der Waals surface area contributed by atoms with E-state index in [1.54, 1.807) is 6.20 Å². The molecular weight excluding hydrogens is 248 g/mol. The van der Waals surface area contributed by atoms with Gasteiger partial charge in [-0.2, -0.15) is 0 Å². The highest BCUT2D eigenvalue weighted by molar-refractivity contribution is 5.89. The summed E-state index contributed by atoms with van der Waals surface area (Å²) in [7, 11) is 0. The lowest BCUT2D eigenvalue weighted by Crippen LogP contribution is -1.87. The average molecular weight is 260 g/mol. The highest BCUT2D eigenvalue weighted by Crippen LogP contribution is 2.21. The number of benzene rings is 1. The lowest BCUT2D eigenvalue weighted by atomic mass is 10.1. The molecule has 3 heterocycles. The van der Waals surface area contributed by atoms with Crippen molar-refractivity contribution in [2.45, 2.75) is 6.92 Å².